The third kappa shape index (κ3) is 3.62. The Balaban J connectivity index is 2.01. The number of carbonyl (C=O) groups excluding carboxylic acids is 2. The molecule has 2 amide bonds. The third-order valence-electron chi connectivity index (χ3n) is 5.07. The van der Waals surface area contributed by atoms with Crippen LogP contribution in [0.2, 0.25) is 0 Å². The molecule has 0 aromatic heterocycles. The molecule has 0 bridgehead atoms. The zero-order valence-electron chi connectivity index (χ0n) is 13.7. The molecule has 0 aromatic rings. The molecule has 1 aliphatic carbocycles. The monoisotopic (exact) mass is 330 g/mol. The van der Waals surface area contributed by atoms with Gasteiger partial charge in [-0.1, -0.05) is 6.42 Å². The minimum atomic E-state index is -3.12. The second-order valence-electron chi connectivity index (χ2n) is 6.99. The molecule has 6 nitrogen and oxygen atoms in total. The molecule has 2 rings (SSSR count). The van der Waals surface area contributed by atoms with E-state index in [1.165, 1.54) is 0 Å². The van der Waals surface area contributed by atoms with E-state index in [4.69, 9.17) is 0 Å². The Morgan fingerprint density at radius 2 is 1.95 bits per heavy atom. The summed E-state index contributed by atoms with van der Waals surface area (Å²) in [7, 11) is 0.432. The van der Waals surface area contributed by atoms with Crippen LogP contribution in [0.1, 0.15) is 32.1 Å². The number of rotatable bonds is 4. The van der Waals surface area contributed by atoms with Gasteiger partial charge in [-0.3, -0.25) is 9.59 Å². The fourth-order valence-electron chi connectivity index (χ4n) is 3.86. The van der Waals surface area contributed by atoms with Crippen LogP contribution >= 0.6 is 0 Å². The molecule has 1 heterocycles. The number of likely N-dealkylation sites (tertiary alicyclic amines) is 1. The number of hydrogen-bond acceptors (Lipinski definition) is 4. The molecule has 22 heavy (non-hydrogen) atoms. The Morgan fingerprint density at radius 3 is 2.55 bits per heavy atom. The molecule has 0 N–H and O–H groups in total. The Labute approximate surface area is 132 Å². The van der Waals surface area contributed by atoms with E-state index in [0.717, 1.165) is 31.9 Å². The molecule has 0 radical (unpaired) electrons. The summed E-state index contributed by atoms with van der Waals surface area (Å²) in [6, 6.07) is 0. The summed E-state index contributed by atoms with van der Waals surface area (Å²) in [5.74, 6) is -0.0570. The van der Waals surface area contributed by atoms with Gasteiger partial charge in [0, 0.05) is 51.2 Å². The highest BCUT2D eigenvalue weighted by Crippen LogP contribution is 2.50. The molecule has 2 aliphatic rings. The first-order chi connectivity index (χ1) is 10.1. The van der Waals surface area contributed by atoms with Crippen molar-refractivity contribution >= 4 is 21.7 Å². The van der Waals surface area contributed by atoms with Gasteiger partial charge in [0.05, 0.1) is 5.75 Å². The van der Waals surface area contributed by atoms with Gasteiger partial charge in [-0.05, 0) is 19.3 Å². The van der Waals surface area contributed by atoms with Crippen LogP contribution in [-0.4, -0.2) is 69.2 Å². The third-order valence-corrected chi connectivity index (χ3v) is 6.02. The summed E-state index contributed by atoms with van der Waals surface area (Å²) < 4.78 is 22.4. The van der Waals surface area contributed by atoms with E-state index in [9.17, 15) is 18.0 Å². The molecule has 1 spiro atoms. The lowest BCUT2D eigenvalue weighted by Crippen LogP contribution is -2.41. The number of carbonyl (C=O) groups is 2. The van der Waals surface area contributed by atoms with Crippen LogP contribution in [0.4, 0.5) is 0 Å². The van der Waals surface area contributed by atoms with Gasteiger partial charge in [-0.25, -0.2) is 8.42 Å². The highest BCUT2D eigenvalue weighted by Gasteiger charge is 2.51. The van der Waals surface area contributed by atoms with Crippen molar-refractivity contribution in [3.05, 3.63) is 0 Å². The smallest absolute Gasteiger partial charge is 0.225 e. The fourth-order valence-corrected chi connectivity index (χ4v) is 4.41. The normalized spacial score (nSPS) is 28.3. The van der Waals surface area contributed by atoms with Gasteiger partial charge < -0.3 is 9.80 Å². The van der Waals surface area contributed by atoms with E-state index < -0.39 is 9.84 Å². The SMILES string of the molecule is CN(C)C(=O)[C@H]1CCC[C@]12CCN(C(=O)CCS(C)(=O)=O)C2. The molecule has 126 valence electrons. The second kappa shape index (κ2) is 6.18. The largest absolute Gasteiger partial charge is 0.349 e. The first-order valence-corrected chi connectivity index (χ1v) is 9.87. The van der Waals surface area contributed by atoms with Gasteiger partial charge in [0.1, 0.15) is 9.84 Å². The fraction of sp³-hybridized carbons (Fsp3) is 0.867. The lowest BCUT2D eigenvalue weighted by molar-refractivity contribution is -0.137. The van der Waals surface area contributed by atoms with Gasteiger partial charge in [0.2, 0.25) is 11.8 Å². The molecule has 2 fully saturated rings. The Bertz CT molecular complexity index is 558. The van der Waals surface area contributed by atoms with Crippen LogP contribution in [0.3, 0.4) is 0 Å². The van der Waals surface area contributed by atoms with Crippen molar-refractivity contribution in [3.63, 3.8) is 0 Å². The van der Waals surface area contributed by atoms with Gasteiger partial charge in [0.15, 0.2) is 0 Å². The average molecular weight is 330 g/mol. The van der Waals surface area contributed by atoms with E-state index in [-0.39, 0.29) is 35.3 Å². The van der Waals surface area contributed by atoms with E-state index in [1.54, 1.807) is 23.9 Å². The molecule has 2 atom stereocenters. The quantitative estimate of drug-likeness (QED) is 0.753. The molecular weight excluding hydrogens is 304 g/mol. The highest BCUT2D eigenvalue weighted by atomic mass is 32.2. The minimum absolute atomic E-state index is 0.00444. The van der Waals surface area contributed by atoms with Crippen molar-refractivity contribution in [2.75, 3.05) is 39.2 Å². The maximum Gasteiger partial charge on any atom is 0.225 e. The zero-order valence-corrected chi connectivity index (χ0v) is 14.5. The number of hydrogen-bond donors (Lipinski definition) is 0. The van der Waals surface area contributed by atoms with Gasteiger partial charge >= 0.3 is 0 Å². The maximum absolute atomic E-state index is 12.4. The molecule has 1 saturated carbocycles. The zero-order chi connectivity index (χ0) is 16.5. The Morgan fingerprint density at radius 1 is 1.27 bits per heavy atom. The average Bonchev–Trinajstić information content (AvgIpc) is 3.02. The van der Waals surface area contributed by atoms with Crippen LogP contribution in [0.25, 0.3) is 0 Å². The molecule has 1 saturated heterocycles. The maximum atomic E-state index is 12.4. The van der Waals surface area contributed by atoms with E-state index in [0.29, 0.717) is 13.1 Å². The number of sulfone groups is 1. The Kier molecular flexibility index (Phi) is 4.84. The summed E-state index contributed by atoms with van der Waals surface area (Å²) in [4.78, 5) is 28.0. The number of amides is 2. The standard InChI is InChI=1S/C15H26N2O4S/c1-16(2)14(19)12-5-4-7-15(12)8-9-17(11-15)13(18)6-10-22(3,20)21/h12H,4-11H2,1-3H3/t12-,15-/m1/s1. The topological polar surface area (TPSA) is 74.8 Å². The van der Waals surface area contributed by atoms with Crippen LogP contribution in [-0.2, 0) is 19.4 Å². The van der Waals surface area contributed by atoms with E-state index in [2.05, 4.69) is 0 Å². The molecule has 0 unspecified atom stereocenters. The van der Waals surface area contributed by atoms with E-state index in [1.807, 2.05) is 0 Å². The van der Waals surface area contributed by atoms with Crippen molar-refractivity contribution < 1.29 is 18.0 Å². The van der Waals surface area contributed by atoms with Crippen molar-refractivity contribution in [1.29, 1.82) is 0 Å². The van der Waals surface area contributed by atoms with Crippen molar-refractivity contribution in [2.24, 2.45) is 11.3 Å². The van der Waals surface area contributed by atoms with Crippen LogP contribution < -0.4 is 0 Å². The first-order valence-electron chi connectivity index (χ1n) is 7.81. The first kappa shape index (κ1) is 17.2. The lowest BCUT2D eigenvalue weighted by atomic mass is 9.76. The molecule has 0 aromatic carbocycles. The summed E-state index contributed by atoms with van der Waals surface area (Å²) in [6.45, 7) is 1.24. The molecule has 7 heteroatoms. The second-order valence-corrected chi connectivity index (χ2v) is 9.24. The Hall–Kier alpha value is -1.11. The van der Waals surface area contributed by atoms with Crippen LogP contribution in [0.15, 0.2) is 0 Å². The predicted molar refractivity (Wildman–Crippen MR) is 84.0 cm³/mol. The summed E-state index contributed by atoms with van der Waals surface area (Å²) in [5, 5.41) is 0. The summed E-state index contributed by atoms with van der Waals surface area (Å²) in [5.41, 5.74) is -0.0951. The van der Waals surface area contributed by atoms with Crippen LogP contribution in [0, 0.1) is 11.3 Å². The van der Waals surface area contributed by atoms with Gasteiger partial charge in [-0.15, -0.1) is 0 Å². The van der Waals surface area contributed by atoms with Gasteiger partial charge in [-0.2, -0.15) is 0 Å². The van der Waals surface area contributed by atoms with Crippen molar-refractivity contribution in [1.82, 2.24) is 9.80 Å². The van der Waals surface area contributed by atoms with Crippen LogP contribution in [0.5, 0.6) is 0 Å². The van der Waals surface area contributed by atoms with Crippen molar-refractivity contribution in [2.45, 2.75) is 32.1 Å². The minimum Gasteiger partial charge on any atom is -0.349 e. The lowest BCUT2D eigenvalue weighted by Gasteiger charge is -2.32. The molecular formula is C15H26N2O4S. The van der Waals surface area contributed by atoms with Crippen molar-refractivity contribution in [3.8, 4) is 0 Å². The predicted octanol–water partition coefficient (Wildman–Crippen LogP) is 0.528. The molecule has 1 aliphatic heterocycles. The summed E-state index contributed by atoms with van der Waals surface area (Å²) in [6.07, 6.45) is 4.93. The summed E-state index contributed by atoms with van der Waals surface area (Å²) >= 11 is 0. The highest BCUT2D eigenvalue weighted by molar-refractivity contribution is 7.90. The van der Waals surface area contributed by atoms with E-state index >= 15 is 0 Å². The number of nitrogens with zero attached hydrogens (tertiary/aromatic N) is 2. The van der Waals surface area contributed by atoms with Gasteiger partial charge in [0.25, 0.3) is 0 Å².